The van der Waals surface area contributed by atoms with Gasteiger partial charge in [-0.2, -0.15) is 0 Å². The standard InChI is InChI=1S/C58H30N4O2/c1-3-17-37-34(14-1)35-15-2-4-18-38(35)56-55(37)59-54(32-13-9-12-31(30-32)33-20-10-25-46-49(33)40-19-6-8-24-45(40)63-46)58(60-56)62-43-23-11-22-42-50(43)51-44(62)27-29-47-52(51)53-48(64-47)28-26-39-36-16-5-7-21-41(36)61(42)57(39)53/h1-30H. The molecular formula is C58H30N4O2. The van der Waals surface area contributed by atoms with Gasteiger partial charge in [0, 0.05) is 54.0 Å². The lowest BCUT2D eigenvalue weighted by atomic mass is 9.96. The fourth-order valence-electron chi connectivity index (χ4n) is 11.4. The molecule has 6 aromatic heterocycles. The smallest absolute Gasteiger partial charge is 0.165 e. The minimum Gasteiger partial charge on any atom is -0.456 e. The van der Waals surface area contributed by atoms with Crippen molar-refractivity contribution in [1.82, 2.24) is 18.9 Å². The minimum atomic E-state index is 0.768. The summed E-state index contributed by atoms with van der Waals surface area (Å²) in [5.41, 5.74) is 14.8. The zero-order valence-corrected chi connectivity index (χ0v) is 33.9. The fourth-order valence-corrected chi connectivity index (χ4v) is 11.4. The average Bonchev–Trinajstić information content (AvgIpc) is 4.09. The molecule has 0 amide bonds. The zero-order valence-electron chi connectivity index (χ0n) is 33.9. The summed E-state index contributed by atoms with van der Waals surface area (Å²) >= 11 is 0. The Morgan fingerprint density at radius 1 is 0.344 bits per heavy atom. The van der Waals surface area contributed by atoms with Crippen molar-refractivity contribution in [2.45, 2.75) is 0 Å². The molecule has 6 heterocycles. The van der Waals surface area contributed by atoms with Crippen LogP contribution in [0.15, 0.2) is 191 Å². The Bertz CT molecular complexity index is 4680. The molecule has 0 aliphatic heterocycles. The second-order valence-corrected chi connectivity index (χ2v) is 17.2. The molecule has 64 heavy (non-hydrogen) atoms. The zero-order chi connectivity index (χ0) is 41.4. The van der Waals surface area contributed by atoms with Crippen molar-refractivity contribution in [3.8, 4) is 28.2 Å². The highest BCUT2D eigenvalue weighted by Crippen LogP contribution is 2.49. The van der Waals surface area contributed by atoms with Crippen LogP contribution in [0.2, 0.25) is 0 Å². The summed E-state index contributed by atoms with van der Waals surface area (Å²) in [6.07, 6.45) is 0. The van der Waals surface area contributed by atoms with Gasteiger partial charge in [-0.15, -0.1) is 0 Å². The van der Waals surface area contributed by atoms with Gasteiger partial charge in [-0.05, 0) is 82.6 Å². The lowest BCUT2D eigenvalue weighted by Gasteiger charge is -2.17. The molecule has 0 fully saturated rings. The van der Waals surface area contributed by atoms with Crippen LogP contribution in [0.4, 0.5) is 0 Å². The van der Waals surface area contributed by atoms with Crippen LogP contribution in [0.3, 0.4) is 0 Å². The topological polar surface area (TPSA) is 61.4 Å². The second kappa shape index (κ2) is 11.6. The number of hydrogen-bond acceptors (Lipinski definition) is 4. The van der Waals surface area contributed by atoms with E-state index in [1.165, 1.54) is 21.8 Å². The largest absolute Gasteiger partial charge is 0.456 e. The van der Waals surface area contributed by atoms with Crippen LogP contribution in [0.5, 0.6) is 0 Å². The number of nitrogens with zero attached hydrogens (tertiary/aromatic N) is 4. The van der Waals surface area contributed by atoms with Crippen molar-refractivity contribution in [3.05, 3.63) is 182 Å². The van der Waals surface area contributed by atoms with E-state index >= 15 is 0 Å². The molecule has 0 aliphatic carbocycles. The van der Waals surface area contributed by atoms with Crippen LogP contribution in [0, 0.1) is 0 Å². The maximum atomic E-state index is 6.74. The summed E-state index contributed by atoms with van der Waals surface area (Å²) in [6.45, 7) is 0. The number of benzene rings is 10. The van der Waals surface area contributed by atoms with Gasteiger partial charge in [0.05, 0.1) is 44.0 Å². The highest BCUT2D eigenvalue weighted by Gasteiger charge is 2.28. The first-order valence-corrected chi connectivity index (χ1v) is 21.7. The molecular weight excluding hydrogens is 785 g/mol. The van der Waals surface area contributed by atoms with Crippen molar-refractivity contribution >= 4 is 126 Å². The number of rotatable bonds is 3. The molecule has 6 nitrogen and oxygen atoms in total. The van der Waals surface area contributed by atoms with Gasteiger partial charge in [0.25, 0.3) is 0 Å². The van der Waals surface area contributed by atoms with Gasteiger partial charge in [-0.25, -0.2) is 9.97 Å². The predicted molar refractivity (Wildman–Crippen MR) is 263 cm³/mol. The highest BCUT2D eigenvalue weighted by atomic mass is 16.3. The molecule has 10 aromatic carbocycles. The lowest BCUT2D eigenvalue weighted by Crippen LogP contribution is -2.04. The van der Waals surface area contributed by atoms with E-state index < -0.39 is 0 Å². The third-order valence-electron chi connectivity index (χ3n) is 14.0. The van der Waals surface area contributed by atoms with E-state index in [1.54, 1.807) is 0 Å². The van der Waals surface area contributed by atoms with Gasteiger partial charge in [0.15, 0.2) is 5.82 Å². The molecule has 16 rings (SSSR count). The van der Waals surface area contributed by atoms with Crippen LogP contribution in [0.1, 0.15) is 0 Å². The average molecular weight is 815 g/mol. The quantitative estimate of drug-likeness (QED) is 0.167. The number of para-hydroxylation sites is 2. The Kier molecular flexibility index (Phi) is 5.97. The Hall–Kier alpha value is -8.74. The first-order valence-electron chi connectivity index (χ1n) is 21.7. The lowest BCUT2D eigenvalue weighted by molar-refractivity contribution is 0.669. The first kappa shape index (κ1) is 33.0. The summed E-state index contributed by atoms with van der Waals surface area (Å²) in [4.78, 5) is 11.7. The van der Waals surface area contributed by atoms with Crippen LogP contribution in [-0.4, -0.2) is 18.9 Å². The number of aromatic nitrogens is 4. The van der Waals surface area contributed by atoms with Crippen molar-refractivity contribution in [2.24, 2.45) is 0 Å². The van der Waals surface area contributed by atoms with E-state index in [0.717, 1.165) is 132 Å². The summed E-state index contributed by atoms with van der Waals surface area (Å²) in [6, 6.07) is 64.8. The van der Waals surface area contributed by atoms with Gasteiger partial charge >= 0.3 is 0 Å². The summed E-state index contributed by atoms with van der Waals surface area (Å²) in [5.74, 6) is 0.768. The van der Waals surface area contributed by atoms with Crippen molar-refractivity contribution < 1.29 is 8.83 Å². The maximum absolute atomic E-state index is 6.74. The predicted octanol–water partition coefficient (Wildman–Crippen LogP) is 15.6. The fraction of sp³-hybridized carbons (Fsp3) is 0. The van der Waals surface area contributed by atoms with Gasteiger partial charge in [0.2, 0.25) is 0 Å². The number of hydrogen-bond donors (Lipinski definition) is 0. The maximum Gasteiger partial charge on any atom is 0.165 e. The molecule has 6 heteroatoms. The summed E-state index contributed by atoms with van der Waals surface area (Å²) in [7, 11) is 0. The van der Waals surface area contributed by atoms with E-state index in [1.807, 2.05) is 12.1 Å². The van der Waals surface area contributed by atoms with Crippen molar-refractivity contribution in [1.29, 1.82) is 0 Å². The summed E-state index contributed by atoms with van der Waals surface area (Å²) in [5, 5.41) is 13.7. The Labute approximate surface area is 362 Å². The number of fused-ring (bicyclic) bond motifs is 13. The van der Waals surface area contributed by atoms with Gasteiger partial charge < -0.3 is 13.2 Å². The number of furan rings is 2. The van der Waals surface area contributed by atoms with E-state index in [4.69, 9.17) is 18.8 Å². The second-order valence-electron chi connectivity index (χ2n) is 17.2. The van der Waals surface area contributed by atoms with Crippen molar-refractivity contribution in [2.75, 3.05) is 0 Å². The van der Waals surface area contributed by atoms with Gasteiger partial charge in [-0.1, -0.05) is 121 Å². The van der Waals surface area contributed by atoms with Gasteiger partial charge in [0.1, 0.15) is 28.0 Å². The minimum absolute atomic E-state index is 0.768. The molecule has 0 atom stereocenters. The molecule has 0 radical (unpaired) electrons. The molecule has 0 aliphatic rings. The van der Waals surface area contributed by atoms with E-state index in [2.05, 4.69) is 179 Å². The Balaban J connectivity index is 1.09. The third-order valence-corrected chi connectivity index (χ3v) is 14.0. The molecule has 0 spiro atoms. The highest BCUT2D eigenvalue weighted by molar-refractivity contribution is 6.37. The molecule has 294 valence electrons. The van der Waals surface area contributed by atoms with E-state index in [0.29, 0.717) is 0 Å². The monoisotopic (exact) mass is 814 g/mol. The summed E-state index contributed by atoms with van der Waals surface area (Å²) < 4.78 is 17.9. The molecule has 0 unspecified atom stereocenters. The first-order chi connectivity index (χ1) is 31.8. The van der Waals surface area contributed by atoms with Crippen LogP contribution >= 0.6 is 0 Å². The SMILES string of the molecule is c1cc(-c2nc3c4ccccc4c4ccccc4c3nc2-n2c3ccc4oc5ccc6c7ccccc7n7c8cccc2c8c3c4c5c67)cc(-c2cccc3oc4ccccc4c23)c1. The molecule has 0 bridgehead atoms. The molecule has 0 saturated heterocycles. The third kappa shape index (κ3) is 3.98. The van der Waals surface area contributed by atoms with Crippen molar-refractivity contribution in [3.63, 3.8) is 0 Å². The van der Waals surface area contributed by atoms with E-state index in [-0.39, 0.29) is 0 Å². The Morgan fingerprint density at radius 2 is 0.938 bits per heavy atom. The normalized spacial score (nSPS) is 12.7. The molecule has 16 aromatic rings. The van der Waals surface area contributed by atoms with Crippen LogP contribution in [-0.2, 0) is 0 Å². The van der Waals surface area contributed by atoms with E-state index in [9.17, 15) is 0 Å². The molecule has 0 saturated carbocycles. The van der Waals surface area contributed by atoms with Crippen LogP contribution < -0.4 is 0 Å². The molecule has 0 N–H and O–H groups in total. The Morgan fingerprint density at radius 3 is 1.80 bits per heavy atom. The van der Waals surface area contributed by atoms with Crippen LogP contribution in [0.25, 0.3) is 154 Å². The van der Waals surface area contributed by atoms with Gasteiger partial charge in [-0.3, -0.25) is 4.57 Å².